The average molecular weight is 330 g/mol. The molecule has 1 aliphatic rings. The third-order valence-electron chi connectivity index (χ3n) is 4.08. The molecule has 2 heterocycles. The molecule has 1 aliphatic heterocycles. The van der Waals surface area contributed by atoms with Crippen LogP contribution in [0.5, 0.6) is 11.5 Å². The predicted molar refractivity (Wildman–Crippen MR) is 93.7 cm³/mol. The molecule has 0 spiro atoms. The average Bonchev–Trinajstić information content (AvgIpc) is 3.09. The Bertz CT molecular complexity index is 1040. The maximum atomic E-state index is 12.8. The highest BCUT2D eigenvalue weighted by Crippen LogP contribution is 2.31. The third kappa shape index (κ3) is 2.74. The van der Waals surface area contributed by atoms with Crippen molar-refractivity contribution in [1.29, 1.82) is 5.26 Å². The molecule has 1 N–H and O–H groups in total. The van der Waals surface area contributed by atoms with E-state index in [2.05, 4.69) is 4.98 Å². The first-order valence-corrected chi connectivity index (χ1v) is 7.88. The lowest BCUT2D eigenvalue weighted by molar-refractivity contribution is 0.104. The third-order valence-corrected chi connectivity index (χ3v) is 4.08. The van der Waals surface area contributed by atoms with E-state index >= 15 is 0 Å². The lowest BCUT2D eigenvalue weighted by Crippen LogP contribution is -2.15. The van der Waals surface area contributed by atoms with E-state index in [0.29, 0.717) is 35.8 Å². The lowest BCUT2D eigenvalue weighted by Gasteiger charge is -2.18. The zero-order valence-corrected chi connectivity index (χ0v) is 13.3. The Labute approximate surface area is 144 Å². The fourth-order valence-corrected chi connectivity index (χ4v) is 2.87. The maximum Gasteiger partial charge on any atom is 0.205 e. The summed E-state index contributed by atoms with van der Waals surface area (Å²) >= 11 is 0. The summed E-state index contributed by atoms with van der Waals surface area (Å²) in [6.45, 7) is 1.00. The van der Waals surface area contributed by atoms with Crippen molar-refractivity contribution in [2.24, 2.45) is 0 Å². The highest BCUT2D eigenvalue weighted by atomic mass is 16.6. The van der Waals surface area contributed by atoms with Gasteiger partial charge in [-0.05, 0) is 29.8 Å². The van der Waals surface area contributed by atoms with E-state index < -0.39 is 0 Å². The fourth-order valence-electron chi connectivity index (χ4n) is 2.87. The number of nitrogens with one attached hydrogen (secondary N) is 1. The zero-order valence-electron chi connectivity index (χ0n) is 13.3. The molecule has 3 aromatic rings. The summed E-state index contributed by atoms with van der Waals surface area (Å²) < 4.78 is 11.0. The monoisotopic (exact) mass is 330 g/mol. The number of rotatable bonds is 3. The molecule has 0 fully saturated rings. The van der Waals surface area contributed by atoms with Crippen LogP contribution < -0.4 is 9.47 Å². The van der Waals surface area contributed by atoms with E-state index in [9.17, 15) is 10.1 Å². The van der Waals surface area contributed by atoms with Gasteiger partial charge in [-0.25, -0.2) is 0 Å². The standard InChI is InChI=1S/C20H14N2O3/c21-11-14(9-13-5-6-18-19(10-13)25-8-7-24-18)20(23)16-12-22-17-4-2-1-3-15(16)17/h1-6,9-10,12,22H,7-8H2/b14-9+. The van der Waals surface area contributed by atoms with Gasteiger partial charge in [0.1, 0.15) is 24.9 Å². The van der Waals surface area contributed by atoms with Gasteiger partial charge in [-0.1, -0.05) is 24.3 Å². The number of allylic oxidation sites excluding steroid dienone is 1. The van der Waals surface area contributed by atoms with Gasteiger partial charge in [0.25, 0.3) is 0 Å². The highest BCUT2D eigenvalue weighted by Gasteiger charge is 2.17. The maximum absolute atomic E-state index is 12.8. The van der Waals surface area contributed by atoms with Crippen molar-refractivity contribution in [3.63, 3.8) is 0 Å². The fraction of sp³-hybridized carbons (Fsp3) is 0.100. The molecule has 0 saturated carbocycles. The number of fused-ring (bicyclic) bond motifs is 2. The second-order valence-electron chi connectivity index (χ2n) is 5.65. The smallest absolute Gasteiger partial charge is 0.205 e. The van der Waals surface area contributed by atoms with Crippen LogP contribution >= 0.6 is 0 Å². The van der Waals surface area contributed by atoms with Crippen molar-refractivity contribution in [3.8, 4) is 17.6 Å². The van der Waals surface area contributed by atoms with E-state index in [1.54, 1.807) is 30.5 Å². The molecule has 5 heteroatoms. The van der Waals surface area contributed by atoms with Gasteiger partial charge < -0.3 is 14.5 Å². The number of carbonyl (C=O) groups is 1. The minimum Gasteiger partial charge on any atom is -0.486 e. The molecule has 25 heavy (non-hydrogen) atoms. The Balaban J connectivity index is 1.71. The predicted octanol–water partition coefficient (Wildman–Crippen LogP) is 3.73. The minimum absolute atomic E-state index is 0.0708. The molecular formula is C20H14N2O3. The molecule has 2 aromatic carbocycles. The summed E-state index contributed by atoms with van der Waals surface area (Å²) in [7, 11) is 0. The number of aromatic amines is 1. The number of hydrogen-bond donors (Lipinski definition) is 1. The molecule has 0 aliphatic carbocycles. The SMILES string of the molecule is N#C/C(=C\c1ccc2c(c1)OCCO2)C(=O)c1c[nH]c2ccccc12. The molecule has 0 saturated heterocycles. The van der Waals surface area contributed by atoms with Gasteiger partial charge in [-0.15, -0.1) is 0 Å². The van der Waals surface area contributed by atoms with Gasteiger partial charge in [-0.3, -0.25) is 4.79 Å². The van der Waals surface area contributed by atoms with Crippen molar-refractivity contribution in [2.45, 2.75) is 0 Å². The number of ether oxygens (including phenoxy) is 2. The number of H-pyrrole nitrogens is 1. The van der Waals surface area contributed by atoms with Gasteiger partial charge in [0.05, 0.1) is 0 Å². The van der Waals surface area contributed by atoms with E-state index in [-0.39, 0.29) is 11.4 Å². The summed E-state index contributed by atoms with van der Waals surface area (Å²) in [6, 6.07) is 14.9. The Morgan fingerprint density at radius 1 is 1.12 bits per heavy atom. The van der Waals surface area contributed by atoms with E-state index in [4.69, 9.17) is 9.47 Å². The molecule has 1 aromatic heterocycles. The molecule has 4 rings (SSSR count). The van der Waals surface area contributed by atoms with Gasteiger partial charge in [0, 0.05) is 22.7 Å². The molecule has 0 radical (unpaired) electrons. The quantitative estimate of drug-likeness (QED) is 0.451. The molecule has 5 nitrogen and oxygen atoms in total. The number of aromatic nitrogens is 1. The highest BCUT2D eigenvalue weighted by molar-refractivity contribution is 6.19. The number of nitriles is 1. The Hall–Kier alpha value is -3.52. The second-order valence-corrected chi connectivity index (χ2v) is 5.65. The van der Waals surface area contributed by atoms with Crippen LogP contribution in [0.3, 0.4) is 0 Å². The van der Waals surface area contributed by atoms with Gasteiger partial charge in [0.15, 0.2) is 11.5 Å². The molecular weight excluding hydrogens is 316 g/mol. The van der Waals surface area contributed by atoms with Crippen LogP contribution in [0.1, 0.15) is 15.9 Å². The van der Waals surface area contributed by atoms with E-state index in [1.807, 2.05) is 30.3 Å². The van der Waals surface area contributed by atoms with Crippen LogP contribution in [0.25, 0.3) is 17.0 Å². The number of carbonyl (C=O) groups excluding carboxylic acids is 1. The van der Waals surface area contributed by atoms with Crippen LogP contribution in [0, 0.1) is 11.3 Å². The Kier molecular flexibility index (Phi) is 3.71. The number of nitrogens with zero attached hydrogens (tertiary/aromatic N) is 1. The number of ketones is 1. The summed E-state index contributed by atoms with van der Waals surface area (Å²) in [5.41, 5.74) is 2.14. The second kappa shape index (κ2) is 6.17. The van der Waals surface area contributed by atoms with Crippen LogP contribution in [-0.2, 0) is 0 Å². The van der Waals surface area contributed by atoms with Crippen molar-refractivity contribution < 1.29 is 14.3 Å². The molecule has 0 unspecified atom stereocenters. The molecule has 0 bridgehead atoms. The minimum atomic E-state index is -0.310. The van der Waals surface area contributed by atoms with Crippen LogP contribution in [0.2, 0.25) is 0 Å². The van der Waals surface area contributed by atoms with Gasteiger partial charge in [0.2, 0.25) is 5.78 Å². The van der Waals surface area contributed by atoms with E-state index in [1.165, 1.54) is 0 Å². The zero-order chi connectivity index (χ0) is 17.2. The van der Waals surface area contributed by atoms with Crippen molar-refractivity contribution in [3.05, 3.63) is 65.4 Å². The normalized spacial score (nSPS) is 13.5. The number of hydrogen-bond acceptors (Lipinski definition) is 4. The largest absolute Gasteiger partial charge is 0.486 e. The number of benzene rings is 2. The first-order valence-electron chi connectivity index (χ1n) is 7.88. The molecule has 122 valence electrons. The van der Waals surface area contributed by atoms with Gasteiger partial charge in [-0.2, -0.15) is 5.26 Å². The van der Waals surface area contributed by atoms with Crippen LogP contribution in [-0.4, -0.2) is 24.0 Å². The van der Waals surface area contributed by atoms with Crippen molar-refractivity contribution in [1.82, 2.24) is 4.98 Å². The topological polar surface area (TPSA) is 75.1 Å². The molecule has 0 amide bonds. The van der Waals surface area contributed by atoms with Crippen LogP contribution in [0.15, 0.2) is 54.2 Å². The lowest BCUT2D eigenvalue weighted by atomic mass is 10.0. The first kappa shape index (κ1) is 15.0. The van der Waals surface area contributed by atoms with E-state index in [0.717, 1.165) is 10.9 Å². The Morgan fingerprint density at radius 2 is 1.92 bits per heavy atom. The van der Waals surface area contributed by atoms with Crippen molar-refractivity contribution in [2.75, 3.05) is 13.2 Å². The number of para-hydroxylation sites is 1. The van der Waals surface area contributed by atoms with Gasteiger partial charge >= 0.3 is 0 Å². The first-order chi connectivity index (χ1) is 12.3. The Morgan fingerprint density at radius 3 is 2.76 bits per heavy atom. The summed E-state index contributed by atoms with van der Waals surface area (Å²) in [5.74, 6) is 0.983. The summed E-state index contributed by atoms with van der Waals surface area (Å²) in [4.78, 5) is 15.8. The summed E-state index contributed by atoms with van der Waals surface area (Å²) in [5, 5.41) is 10.3. The van der Waals surface area contributed by atoms with Crippen LogP contribution in [0.4, 0.5) is 0 Å². The number of Topliss-reactive ketones (excluding diaryl/α,β-unsaturated/α-hetero) is 1. The molecule has 0 atom stereocenters. The van der Waals surface area contributed by atoms with Crippen molar-refractivity contribution >= 4 is 22.8 Å². The summed E-state index contributed by atoms with van der Waals surface area (Å²) in [6.07, 6.45) is 3.21.